The lowest BCUT2D eigenvalue weighted by Crippen LogP contribution is -2.21. The van der Waals surface area contributed by atoms with E-state index in [0.717, 1.165) is 34.4 Å². The minimum atomic E-state index is -4.54. The fraction of sp³-hybridized carbons (Fsp3) is 0.357. The van der Waals surface area contributed by atoms with E-state index in [-0.39, 0.29) is 16.6 Å². The lowest BCUT2D eigenvalue weighted by molar-refractivity contribution is -0.137. The van der Waals surface area contributed by atoms with Crippen LogP contribution in [0.15, 0.2) is 24.4 Å². The van der Waals surface area contributed by atoms with Gasteiger partial charge >= 0.3 is 6.18 Å². The van der Waals surface area contributed by atoms with E-state index >= 15 is 0 Å². The summed E-state index contributed by atoms with van der Waals surface area (Å²) in [5, 5.41) is 3.33. The number of nitrogens with zero attached hydrogens (tertiary/aromatic N) is 1. The smallest absolute Gasteiger partial charge is 0.310 e. The molecule has 7 heteroatoms. The van der Waals surface area contributed by atoms with Gasteiger partial charge < -0.3 is 5.32 Å². The van der Waals surface area contributed by atoms with Gasteiger partial charge in [0.2, 0.25) is 0 Å². The number of hydrogen-bond acceptors (Lipinski definition) is 3. The molecule has 2 rings (SSSR count). The second kappa shape index (κ2) is 6.11. The van der Waals surface area contributed by atoms with Gasteiger partial charge in [0.15, 0.2) is 0 Å². The maximum Gasteiger partial charge on any atom is 0.417 e. The average molecular weight is 318 g/mol. The first-order valence-electron chi connectivity index (χ1n) is 6.32. The predicted octanol–water partition coefficient (Wildman–Crippen LogP) is 4.47. The summed E-state index contributed by atoms with van der Waals surface area (Å²) < 4.78 is 52.2. The van der Waals surface area contributed by atoms with Gasteiger partial charge in [-0.25, -0.2) is 9.37 Å². The Morgan fingerprint density at radius 1 is 1.29 bits per heavy atom. The number of halogens is 4. The lowest BCUT2D eigenvalue weighted by Gasteiger charge is -2.11. The molecule has 1 N–H and O–H groups in total. The van der Waals surface area contributed by atoms with Gasteiger partial charge in [0.25, 0.3) is 0 Å². The number of alkyl halides is 3. The van der Waals surface area contributed by atoms with Crippen molar-refractivity contribution >= 4 is 11.3 Å². The van der Waals surface area contributed by atoms with Crippen LogP contribution < -0.4 is 5.32 Å². The highest BCUT2D eigenvalue weighted by molar-refractivity contribution is 7.15. The van der Waals surface area contributed by atoms with Crippen LogP contribution in [0, 0.1) is 5.82 Å². The summed E-state index contributed by atoms with van der Waals surface area (Å²) in [6, 6.07) is 2.69. The van der Waals surface area contributed by atoms with Crippen LogP contribution in [0.1, 0.15) is 24.3 Å². The van der Waals surface area contributed by atoms with Crippen LogP contribution in [-0.2, 0) is 12.7 Å². The number of aromatic nitrogens is 1. The summed E-state index contributed by atoms with van der Waals surface area (Å²) in [7, 11) is 0. The number of rotatable bonds is 4. The van der Waals surface area contributed by atoms with Crippen molar-refractivity contribution in [2.45, 2.75) is 32.6 Å². The van der Waals surface area contributed by atoms with Crippen LogP contribution in [0.3, 0.4) is 0 Å². The summed E-state index contributed by atoms with van der Waals surface area (Å²) in [5.74, 6) is -0.713. The minimum Gasteiger partial charge on any atom is -0.310 e. The molecule has 21 heavy (non-hydrogen) atoms. The maximum atomic E-state index is 13.3. The summed E-state index contributed by atoms with van der Waals surface area (Å²) >= 11 is 1.13. The number of nitrogens with one attached hydrogen (secondary N) is 1. The number of thiazole rings is 1. The van der Waals surface area contributed by atoms with Crippen LogP contribution in [-0.4, -0.2) is 11.0 Å². The zero-order valence-electron chi connectivity index (χ0n) is 11.5. The molecule has 0 spiro atoms. The SMILES string of the molecule is CC(C)NCc1cnc(-c2cc(F)ccc2C(F)(F)F)s1. The van der Waals surface area contributed by atoms with E-state index in [9.17, 15) is 17.6 Å². The van der Waals surface area contributed by atoms with Crippen molar-refractivity contribution < 1.29 is 17.6 Å². The highest BCUT2D eigenvalue weighted by Gasteiger charge is 2.34. The zero-order valence-corrected chi connectivity index (χ0v) is 12.3. The Hall–Kier alpha value is -1.47. The Balaban J connectivity index is 2.35. The topological polar surface area (TPSA) is 24.9 Å². The molecule has 0 saturated heterocycles. The van der Waals surface area contributed by atoms with Crippen LogP contribution in [0.5, 0.6) is 0 Å². The fourth-order valence-corrected chi connectivity index (χ4v) is 2.65. The molecule has 0 saturated carbocycles. The molecule has 0 radical (unpaired) electrons. The van der Waals surface area contributed by atoms with E-state index in [0.29, 0.717) is 6.54 Å². The van der Waals surface area contributed by atoms with E-state index in [1.807, 2.05) is 13.8 Å². The molecule has 0 amide bonds. The first kappa shape index (κ1) is 15.9. The molecule has 1 aromatic heterocycles. The molecule has 0 unspecified atom stereocenters. The molecule has 0 aliphatic heterocycles. The van der Waals surface area contributed by atoms with Crippen molar-refractivity contribution in [3.63, 3.8) is 0 Å². The summed E-state index contributed by atoms with van der Waals surface area (Å²) in [4.78, 5) is 4.79. The van der Waals surface area contributed by atoms with Gasteiger partial charge in [-0.05, 0) is 18.2 Å². The molecule has 0 bridgehead atoms. The van der Waals surface area contributed by atoms with Crippen LogP contribution in [0.2, 0.25) is 0 Å². The van der Waals surface area contributed by atoms with Crippen molar-refractivity contribution in [1.29, 1.82) is 0 Å². The monoisotopic (exact) mass is 318 g/mol. The van der Waals surface area contributed by atoms with Crippen LogP contribution in [0.4, 0.5) is 17.6 Å². The lowest BCUT2D eigenvalue weighted by atomic mass is 10.1. The molecule has 0 fully saturated rings. The van der Waals surface area contributed by atoms with Crippen LogP contribution >= 0.6 is 11.3 Å². The van der Waals surface area contributed by atoms with Crippen molar-refractivity contribution in [1.82, 2.24) is 10.3 Å². The third-order valence-electron chi connectivity index (χ3n) is 2.76. The van der Waals surface area contributed by atoms with Gasteiger partial charge in [-0.3, -0.25) is 0 Å². The average Bonchev–Trinajstić information content (AvgIpc) is 2.83. The number of benzene rings is 1. The fourth-order valence-electron chi connectivity index (χ4n) is 1.76. The van der Waals surface area contributed by atoms with Crippen molar-refractivity contribution in [3.8, 4) is 10.6 Å². The third-order valence-corrected chi connectivity index (χ3v) is 3.79. The molecule has 1 aromatic carbocycles. The highest BCUT2D eigenvalue weighted by Crippen LogP contribution is 2.38. The molecule has 2 nitrogen and oxygen atoms in total. The van der Waals surface area contributed by atoms with E-state index in [2.05, 4.69) is 10.3 Å². The minimum absolute atomic E-state index is 0.169. The first-order chi connectivity index (χ1) is 9.77. The van der Waals surface area contributed by atoms with Crippen LogP contribution in [0.25, 0.3) is 10.6 Å². The van der Waals surface area contributed by atoms with Gasteiger partial charge in [-0.1, -0.05) is 13.8 Å². The zero-order chi connectivity index (χ0) is 15.6. The second-order valence-electron chi connectivity index (χ2n) is 4.85. The molecular weight excluding hydrogens is 304 g/mol. The largest absolute Gasteiger partial charge is 0.417 e. The van der Waals surface area contributed by atoms with Gasteiger partial charge in [0.1, 0.15) is 10.8 Å². The standard InChI is InChI=1S/C14H14F4N2S/c1-8(2)19-6-10-7-20-13(21-10)11-5-9(15)3-4-12(11)14(16,17)18/h3-5,7-8,19H,6H2,1-2H3. The predicted molar refractivity (Wildman–Crippen MR) is 74.5 cm³/mol. The Labute approximate surface area is 123 Å². The summed E-state index contributed by atoms with van der Waals surface area (Å²) in [6.07, 6.45) is -3.02. The molecular formula is C14H14F4N2S. The van der Waals surface area contributed by atoms with E-state index in [4.69, 9.17) is 0 Å². The molecule has 1 heterocycles. The maximum absolute atomic E-state index is 13.3. The van der Waals surface area contributed by atoms with E-state index < -0.39 is 17.6 Å². The summed E-state index contributed by atoms with van der Waals surface area (Å²) in [6.45, 7) is 4.46. The normalized spacial score (nSPS) is 12.1. The quantitative estimate of drug-likeness (QED) is 0.842. The van der Waals surface area contributed by atoms with Crippen molar-refractivity contribution in [3.05, 3.63) is 40.7 Å². The molecule has 114 valence electrons. The van der Waals surface area contributed by atoms with Gasteiger partial charge in [-0.2, -0.15) is 13.2 Å². The van der Waals surface area contributed by atoms with E-state index in [1.165, 1.54) is 6.20 Å². The molecule has 0 aliphatic carbocycles. The Morgan fingerprint density at radius 3 is 2.62 bits per heavy atom. The third kappa shape index (κ3) is 4.01. The van der Waals surface area contributed by atoms with Crippen molar-refractivity contribution in [2.24, 2.45) is 0 Å². The number of hydrogen-bond donors (Lipinski definition) is 1. The van der Waals surface area contributed by atoms with Gasteiger partial charge in [0, 0.05) is 29.2 Å². The van der Waals surface area contributed by atoms with Gasteiger partial charge in [0.05, 0.1) is 5.56 Å². The Kier molecular flexibility index (Phi) is 4.63. The van der Waals surface area contributed by atoms with Gasteiger partial charge in [-0.15, -0.1) is 11.3 Å². The summed E-state index contributed by atoms with van der Waals surface area (Å²) in [5.41, 5.74) is -1.09. The molecule has 2 aromatic rings. The molecule has 0 aliphatic rings. The highest BCUT2D eigenvalue weighted by atomic mass is 32.1. The Morgan fingerprint density at radius 2 is 2.00 bits per heavy atom. The second-order valence-corrected chi connectivity index (χ2v) is 5.97. The van der Waals surface area contributed by atoms with Crippen molar-refractivity contribution in [2.75, 3.05) is 0 Å². The first-order valence-corrected chi connectivity index (χ1v) is 7.14. The Bertz CT molecular complexity index is 620. The van der Waals surface area contributed by atoms with E-state index in [1.54, 1.807) is 0 Å². The molecule has 0 atom stereocenters.